The molecule has 1 aromatic heterocycles. The minimum Gasteiger partial charge on any atom is -0.309 e. The van der Waals surface area contributed by atoms with Crippen LogP contribution in [0.4, 0.5) is 0 Å². The van der Waals surface area contributed by atoms with Gasteiger partial charge in [-0.1, -0.05) is 29.8 Å². The third-order valence-corrected chi connectivity index (χ3v) is 5.44. The standard InChI is InChI=1S/C15H16BrIN2OS/c1-9(2)7-12-14(17)15(20)19-13(18-12)8-21-11-5-3-10(16)4-6-11/h3-6,9H,7-8H2,1-2H3,(H,18,19,20). The van der Waals surface area contributed by atoms with Crippen LogP contribution in [0, 0.1) is 9.49 Å². The van der Waals surface area contributed by atoms with Crippen LogP contribution in [0.2, 0.25) is 0 Å². The van der Waals surface area contributed by atoms with Gasteiger partial charge in [-0.3, -0.25) is 4.79 Å². The Morgan fingerprint density at radius 2 is 2.00 bits per heavy atom. The van der Waals surface area contributed by atoms with Gasteiger partial charge < -0.3 is 4.98 Å². The van der Waals surface area contributed by atoms with Crippen molar-refractivity contribution in [2.75, 3.05) is 0 Å². The first-order valence-electron chi connectivity index (χ1n) is 6.61. The average molecular weight is 479 g/mol. The molecule has 0 bridgehead atoms. The Labute approximate surface area is 150 Å². The number of benzene rings is 1. The Morgan fingerprint density at radius 3 is 2.62 bits per heavy atom. The molecule has 0 atom stereocenters. The first-order chi connectivity index (χ1) is 9.95. The Kier molecular flexibility index (Phi) is 6.31. The summed E-state index contributed by atoms with van der Waals surface area (Å²) < 4.78 is 1.77. The van der Waals surface area contributed by atoms with E-state index in [0.29, 0.717) is 15.2 Å². The van der Waals surface area contributed by atoms with Gasteiger partial charge in [0.05, 0.1) is 15.0 Å². The molecule has 0 unspecified atom stereocenters. The zero-order chi connectivity index (χ0) is 15.4. The highest BCUT2D eigenvalue weighted by Crippen LogP contribution is 2.23. The molecule has 0 aliphatic rings. The number of nitrogens with zero attached hydrogens (tertiary/aromatic N) is 1. The molecule has 0 saturated heterocycles. The number of thioether (sulfide) groups is 1. The second-order valence-corrected chi connectivity index (χ2v) is 8.16. The van der Waals surface area contributed by atoms with Gasteiger partial charge in [0.25, 0.3) is 5.56 Å². The van der Waals surface area contributed by atoms with Crippen molar-refractivity contribution >= 4 is 50.3 Å². The lowest BCUT2D eigenvalue weighted by Gasteiger charge is -2.08. The molecule has 6 heteroatoms. The molecule has 1 aromatic carbocycles. The molecule has 112 valence electrons. The fourth-order valence-corrected chi connectivity index (χ4v) is 3.34. The van der Waals surface area contributed by atoms with Crippen molar-refractivity contribution in [3.05, 3.63) is 54.2 Å². The van der Waals surface area contributed by atoms with Gasteiger partial charge in [-0.15, -0.1) is 11.8 Å². The molecule has 2 aromatic rings. The van der Waals surface area contributed by atoms with Gasteiger partial charge in [0.2, 0.25) is 0 Å². The van der Waals surface area contributed by atoms with Crippen LogP contribution in [0.5, 0.6) is 0 Å². The first-order valence-corrected chi connectivity index (χ1v) is 9.47. The summed E-state index contributed by atoms with van der Waals surface area (Å²) in [6, 6.07) is 8.12. The lowest BCUT2D eigenvalue weighted by atomic mass is 10.1. The quantitative estimate of drug-likeness (QED) is 0.503. The monoisotopic (exact) mass is 478 g/mol. The van der Waals surface area contributed by atoms with Gasteiger partial charge in [-0.05, 0) is 59.2 Å². The van der Waals surface area contributed by atoms with Crippen molar-refractivity contribution in [3.63, 3.8) is 0 Å². The van der Waals surface area contributed by atoms with Crippen molar-refractivity contribution in [2.45, 2.75) is 30.9 Å². The molecule has 0 saturated carbocycles. The van der Waals surface area contributed by atoms with E-state index in [9.17, 15) is 4.79 Å². The van der Waals surface area contributed by atoms with Crippen LogP contribution in [-0.4, -0.2) is 9.97 Å². The van der Waals surface area contributed by atoms with E-state index >= 15 is 0 Å². The van der Waals surface area contributed by atoms with Crippen molar-refractivity contribution < 1.29 is 0 Å². The lowest BCUT2D eigenvalue weighted by Crippen LogP contribution is -2.18. The minimum atomic E-state index is -0.0346. The smallest absolute Gasteiger partial charge is 0.264 e. The zero-order valence-corrected chi connectivity index (χ0v) is 16.4. The molecule has 1 N–H and O–H groups in total. The molecule has 0 spiro atoms. The maximum atomic E-state index is 12.0. The van der Waals surface area contributed by atoms with Gasteiger partial charge >= 0.3 is 0 Å². The fourth-order valence-electron chi connectivity index (χ4n) is 1.83. The molecule has 1 heterocycles. The van der Waals surface area contributed by atoms with Crippen molar-refractivity contribution in [3.8, 4) is 0 Å². The molecule has 2 rings (SSSR count). The van der Waals surface area contributed by atoms with E-state index in [2.05, 4.69) is 74.5 Å². The zero-order valence-electron chi connectivity index (χ0n) is 11.8. The van der Waals surface area contributed by atoms with Crippen LogP contribution in [0.15, 0.2) is 38.4 Å². The second-order valence-electron chi connectivity index (χ2n) is 5.11. The topological polar surface area (TPSA) is 45.8 Å². The van der Waals surface area contributed by atoms with E-state index < -0.39 is 0 Å². The third kappa shape index (κ3) is 5.10. The molecular formula is C15H16BrIN2OS. The molecule has 0 aliphatic carbocycles. The Bertz CT molecular complexity index is 670. The van der Waals surface area contributed by atoms with Crippen LogP contribution in [-0.2, 0) is 12.2 Å². The summed E-state index contributed by atoms with van der Waals surface area (Å²) in [5, 5.41) is 0. The normalized spacial score (nSPS) is 11.1. The first kappa shape index (κ1) is 17.0. The van der Waals surface area contributed by atoms with Crippen molar-refractivity contribution in [2.24, 2.45) is 5.92 Å². The van der Waals surface area contributed by atoms with E-state index in [0.717, 1.165) is 27.3 Å². The molecule has 0 radical (unpaired) electrons. The Hall–Kier alpha value is -0.340. The van der Waals surface area contributed by atoms with E-state index in [4.69, 9.17) is 0 Å². The third-order valence-electron chi connectivity index (χ3n) is 2.77. The summed E-state index contributed by atoms with van der Waals surface area (Å²) in [5.74, 6) is 1.89. The van der Waals surface area contributed by atoms with Gasteiger partial charge in [0.1, 0.15) is 5.82 Å². The highest BCUT2D eigenvalue weighted by molar-refractivity contribution is 14.1. The average Bonchev–Trinajstić information content (AvgIpc) is 2.43. The SMILES string of the molecule is CC(C)Cc1nc(CSc2ccc(Br)cc2)[nH]c(=O)c1I. The summed E-state index contributed by atoms with van der Waals surface area (Å²) in [7, 11) is 0. The predicted molar refractivity (Wildman–Crippen MR) is 99.8 cm³/mol. The number of halogens is 2. The van der Waals surface area contributed by atoms with Crippen LogP contribution in [0.25, 0.3) is 0 Å². The van der Waals surface area contributed by atoms with Gasteiger partial charge in [0.15, 0.2) is 0 Å². The van der Waals surface area contributed by atoms with Crippen LogP contribution in [0.1, 0.15) is 25.4 Å². The van der Waals surface area contributed by atoms with E-state index in [1.165, 1.54) is 0 Å². The maximum absolute atomic E-state index is 12.0. The Balaban J connectivity index is 2.14. The number of rotatable bonds is 5. The summed E-state index contributed by atoms with van der Waals surface area (Å²) in [6.07, 6.45) is 0.831. The number of aromatic nitrogens is 2. The second kappa shape index (κ2) is 7.78. The minimum absolute atomic E-state index is 0.0346. The molecule has 3 nitrogen and oxygen atoms in total. The summed E-state index contributed by atoms with van der Waals surface area (Å²) in [4.78, 5) is 20.6. The van der Waals surface area contributed by atoms with E-state index in [1.807, 2.05) is 12.1 Å². The van der Waals surface area contributed by atoms with Gasteiger partial charge in [0, 0.05) is 9.37 Å². The molecule has 0 aliphatic heterocycles. The molecule has 0 fully saturated rings. The van der Waals surface area contributed by atoms with E-state index in [1.54, 1.807) is 11.8 Å². The maximum Gasteiger partial charge on any atom is 0.264 e. The van der Waals surface area contributed by atoms with E-state index in [-0.39, 0.29) is 5.56 Å². The van der Waals surface area contributed by atoms with Crippen molar-refractivity contribution in [1.82, 2.24) is 9.97 Å². The predicted octanol–water partition coefficient (Wildman–Crippen LogP) is 4.63. The largest absolute Gasteiger partial charge is 0.309 e. The summed E-state index contributed by atoms with van der Waals surface area (Å²) >= 11 is 7.17. The van der Waals surface area contributed by atoms with Gasteiger partial charge in [-0.25, -0.2) is 4.98 Å². The number of aromatic amines is 1. The van der Waals surface area contributed by atoms with Crippen LogP contribution < -0.4 is 5.56 Å². The number of hydrogen-bond donors (Lipinski definition) is 1. The number of H-pyrrole nitrogens is 1. The molecule has 0 amide bonds. The number of nitrogens with one attached hydrogen (secondary N) is 1. The van der Waals surface area contributed by atoms with Crippen molar-refractivity contribution in [1.29, 1.82) is 0 Å². The van der Waals surface area contributed by atoms with Crippen LogP contribution in [0.3, 0.4) is 0 Å². The highest BCUT2D eigenvalue weighted by atomic mass is 127. The fraction of sp³-hybridized carbons (Fsp3) is 0.333. The van der Waals surface area contributed by atoms with Gasteiger partial charge in [-0.2, -0.15) is 0 Å². The summed E-state index contributed by atoms with van der Waals surface area (Å²) in [5.41, 5.74) is 0.869. The molecular weight excluding hydrogens is 463 g/mol. The highest BCUT2D eigenvalue weighted by Gasteiger charge is 2.10. The Morgan fingerprint density at radius 1 is 1.33 bits per heavy atom. The summed E-state index contributed by atoms with van der Waals surface area (Å²) in [6.45, 7) is 4.27. The molecule has 21 heavy (non-hydrogen) atoms. The number of hydrogen-bond acceptors (Lipinski definition) is 3. The lowest BCUT2D eigenvalue weighted by molar-refractivity contribution is 0.627. The van der Waals surface area contributed by atoms with Crippen LogP contribution >= 0.6 is 50.3 Å².